The second-order valence-corrected chi connectivity index (χ2v) is 9.18. The van der Waals surface area contributed by atoms with E-state index in [4.69, 9.17) is 4.74 Å². The van der Waals surface area contributed by atoms with E-state index < -0.39 is 11.9 Å². The average molecular weight is 458 g/mol. The number of fused-ring (bicyclic) bond motifs is 1. The summed E-state index contributed by atoms with van der Waals surface area (Å²) in [5.41, 5.74) is 2.29. The van der Waals surface area contributed by atoms with Gasteiger partial charge in [0.1, 0.15) is 24.2 Å². The van der Waals surface area contributed by atoms with Gasteiger partial charge < -0.3 is 15.0 Å². The Morgan fingerprint density at radius 2 is 2.00 bits per heavy atom. The number of carbonyl (C=O) groups is 2. The van der Waals surface area contributed by atoms with Crippen LogP contribution >= 0.6 is 0 Å². The van der Waals surface area contributed by atoms with Crippen molar-refractivity contribution in [1.29, 1.82) is 0 Å². The normalized spacial score (nSPS) is 15.5. The fourth-order valence-electron chi connectivity index (χ4n) is 3.43. The number of hydrogen-bond acceptors (Lipinski definition) is 5. The number of benzene rings is 2. The molecule has 1 aromatic heterocycles. The second-order valence-electron chi connectivity index (χ2n) is 9.18. The Balaban J connectivity index is 1.46. The maximum Gasteiger partial charge on any atom is 0.291 e. The van der Waals surface area contributed by atoms with Crippen LogP contribution in [0.1, 0.15) is 48.3 Å². The zero-order valence-corrected chi connectivity index (χ0v) is 19.7. The molecule has 8 nitrogen and oxygen atoms in total. The molecule has 0 spiro atoms. The number of carbonyl (C=O) groups excluding carboxylic acids is 2. The number of nitrogens with one attached hydrogen (secondary N) is 2. The molecule has 1 aliphatic rings. The third-order valence-electron chi connectivity index (χ3n) is 5.19. The number of hydrogen-bond donors (Lipinski definition) is 2. The van der Waals surface area contributed by atoms with Gasteiger partial charge in [0.05, 0.1) is 5.69 Å². The fourth-order valence-corrected chi connectivity index (χ4v) is 3.43. The first-order valence-corrected chi connectivity index (χ1v) is 11.0. The number of H-pyrrole nitrogens is 1. The molecule has 0 aliphatic carbocycles. The van der Waals surface area contributed by atoms with Gasteiger partial charge in [-0.05, 0) is 44.5 Å². The summed E-state index contributed by atoms with van der Waals surface area (Å²) in [5.74, 6) is 6.58. The Morgan fingerprint density at radius 3 is 2.74 bits per heavy atom. The van der Waals surface area contributed by atoms with Crippen LogP contribution in [0.5, 0.6) is 5.75 Å². The Hall–Kier alpha value is -4.12. The Kier molecular flexibility index (Phi) is 6.37. The maximum atomic E-state index is 13.1. The van der Waals surface area contributed by atoms with Crippen LogP contribution in [0.3, 0.4) is 0 Å². The molecule has 3 aromatic rings. The SMILES string of the molecule is CN1C(=O)[C@@H](NC(=O)c2n[nH]c(Cc3ccccc3)n2)COc2ccc(C#CC(C)(C)C)cc21. The summed E-state index contributed by atoms with van der Waals surface area (Å²) >= 11 is 0. The quantitative estimate of drug-likeness (QED) is 0.587. The zero-order chi connectivity index (χ0) is 24.3. The van der Waals surface area contributed by atoms with Crippen molar-refractivity contribution >= 4 is 17.5 Å². The molecule has 0 saturated heterocycles. The van der Waals surface area contributed by atoms with Crippen LogP contribution in [0.2, 0.25) is 0 Å². The third-order valence-corrected chi connectivity index (χ3v) is 5.19. The molecule has 0 radical (unpaired) electrons. The van der Waals surface area contributed by atoms with Gasteiger partial charge >= 0.3 is 0 Å². The van der Waals surface area contributed by atoms with Crippen molar-refractivity contribution in [2.75, 3.05) is 18.6 Å². The van der Waals surface area contributed by atoms with Gasteiger partial charge in [-0.1, -0.05) is 42.2 Å². The standard InChI is InChI=1S/C26H27N5O3/c1-26(2,3)13-12-18-10-11-21-20(14-18)31(4)25(33)19(16-34-21)27-24(32)23-28-22(29-30-23)15-17-8-6-5-7-9-17/h5-11,14,19H,15-16H2,1-4H3,(H,27,32)(H,28,29,30)/t19-/m0/s1. The topological polar surface area (TPSA) is 100 Å². The van der Waals surface area contributed by atoms with E-state index >= 15 is 0 Å². The van der Waals surface area contributed by atoms with Crippen LogP contribution in [-0.2, 0) is 11.2 Å². The van der Waals surface area contributed by atoms with Gasteiger partial charge in [-0.25, -0.2) is 4.98 Å². The molecule has 2 amide bonds. The molecule has 0 unspecified atom stereocenters. The van der Waals surface area contributed by atoms with Crippen LogP contribution in [0, 0.1) is 17.3 Å². The lowest BCUT2D eigenvalue weighted by molar-refractivity contribution is -0.120. The molecule has 2 N–H and O–H groups in total. The number of aromatic nitrogens is 3. The number of ether oxygens (including phenoxy) is 1. The molecule has 2 aromatic carbocycles. The number of nitrogens with zero attached hydrogens (tertiary/aromatic N) is 3. The van der Waals surface area contributed by atoms with Gasteiger partial charge in [0, 0.05) is 24.4 Å². The molecular formula is C26H27N5O3. The van der Waals surface area contributed by atoms with Crippen molar-refractivity contribution < 1.29 is 14.3 Å². The van der Waals surface area contributed by atoms with E-state index in [0.717, 1.165) is 11.1 Å². The minimum Gasteiger partial charge on any atom is -0.489 e. The largest absolute Gasteiger partial charge is 0.489 e. The molecule has 4 rings (SSSR count). The monoisotopic (exact) mass is 457 g/mol. The van der Waals surface area contributed by atoms with E-state index in [1.165, 1.54) is 4.90 Å². The van der Waals surface area contributed by atoms with Crippen LogP contribution in [0.15, 0.2) is 48.5 Å². The van der Waals surface area contributed by atoms with Gasteiger partial charge in [0.25, 0.3) is 11.8 Å². The number of amides is 2. The molecule has 8 heteroatoms. The minimum absolute atomic E-state index is 0.00375. The summed E-state index contributed by atoms with van der Waals surface area (Å²) in [7, 11) is 1.65. The minimum atomic E-state index is -0.884. The molecule has 0 saturated carbocycles. The number of aromatic amines is 1. The van der Waals surface area contributed by atoms with Crippen LogP contribution < -0.4 is 15.0 Å². The molecule has 1 aliphatic heterocycles. The van der Waals surface area contributed by atoms with Gasteiger partial charge in [-0.3, -0.25) is 14.7 Å². The molecular weight excluding hydrogens is 430 g/mol. The van der Waals surface area contributed by atoms with Gasteiger partial charge in [0.15, 0.2) is 0 Å². The lowest BCUT2D eigenvalue weighted by Gasteiger charge is -2.20. The summed E-state index contributed by atoms with van der Waals surface area (Å²) in [4.78, 5) is 31.6. The highest BCUT2D eigenvalue weighted by molar-refractivity contribution is 6.02. The smallest absolute Gasteiger partial charge is 0.291 e. The molecule has 0 fully saturated rings. The summed E-state index contributed by atoms with van der Waals surface area (Å²) < 4.78 is 5.85. The predicted molar refractivity (Wildman–Crippen MR) is 129 cm³/mol. The maximum absolute atomic E-state index is 13.1. The van der Waals surface area contributed by atoms with E-state index in [1.54, 1.807) is 13.1 Å². The molecule has 174 valence electrons. The van der Waals surface area contributed by atoms with E-state index in [9.17, 15) is 9.59 Å². The second kappa shape index (κ2) is 9.40. The van der Waals surface area contributed by atoms with Crippen molar-refractivity contribution in [3.63, 3.8) is 0 Å². The highest BCUT2D eigenvalue weighted by Crippen LogP contribution is 2.31. The average Bonchev–Trinajstić information content (AvgIpc) is 3.24. The first kappa shape index (κ1) is 23.1. The number of likely N-dealkylation sites (N-methyl/N-ethyl adjacent to an activating group) is 1. The van der Waals surface area contributed by atoms with E-state index in [1.807, 2.05) is 63.2 Å². The lowest BCUT2D eigenvalue weighted by Crippen LogP contribution is -2.49. The first-order valence-electron chi connectivity index (χ1n) is 11.0. The highest BCUT2D eigenvalue weighted by atomic mass is 16.5. The lowest BCUT2D eigenvalue weighted by atomic mass is 9.97. The van der Waals surface area contributed by atoms with Crippen LogP contribution in [0.4, 0.5) is 5.69 Å². The predicted octanol–water partition coefficient (Wildman–Crippen LogP) is 2.95. The van der Waals surface area contributed by atoms with Gasteiger partial charge in [0.2, 0.25) is 5.82 Å². The number of rotatable bonds is 4. The van der Waals surface area contributed by atoms with Crippen molar-refractivity contribution in [2.24, 2.45) is 5.41 Å². The fraction of sp³-hybridized carbons (Fsp3) is 0.308. The summed E-state index contributed by atoms with van der Waals surface area (Å²) in [6.45, 7) is 6.10. The molecule has 1 atom stereocenters. The van der Waals surface area contributed by atoms with Gasteiger partial charge in [-0.2, -0.15) is 0 Å². The van der Waals surface area contributed by atoms with E-state index in [0.29, 0.717) is 23.7 Å². The molecule has 34 heavy (non-hydrogen) atoms. The van der Waals surface area contributed by atoms with E-state index in [-0.39, 0.29) is 23.8 Å². The molecule has 2 heterocycles. The highest BCUT2D eigenvalue weighted by Gasteiger charge is 2.31. The number of anilines is 1. The van der Waals surface area contributed by atoms with Crippen molar-refractivity contribution in [2.45, 2.75) is 33.2 Å². The van der Waals surface area contributed by atoms with Crippen LogP contribution in [-0.4, -0.2) is 46.7 Å². The first-order chi connectivity index (χ1) is 16.2. The summed E-state index contributed by atoms with van der Waals surface area (Å²) in [6, 6.07) is 14.3. The van der Waals surface area contributed by atoms with Crippen molar-refractivity contribution in [3.05, 3.63) is 71.3 Å². The van der Waals surface area contributed by atoms with Gasteiger partial charge in [-0.15, -0.1) is 5.10 Å². The summed E-state index contributed by atoms with van der Waals surface area (Å²) in [5, 5.41) is 9.49. The Morgan fingerprint density at radius 1 is 1.24 bits per heavy atom. The molecule has 0 bridgehead atoms. The van der Waals surface area contributed by atoms with Crippen molar-refractivity contribution in [1.82, 2.24) is 20.5 Å². The third kappa shape index (κ3) is 5.44. The Labute approximate surface area is 198 Å². The Bertz CT molecular complexity index is 1260. The van der Waals surface area contributed by atoms with E-state index in [2.05, 4.69) is 32.3 Å². The summed E-state index contributed by atoms with van der Waals surface area (Å²) in [6.07, 6.45) is 0.519. The van der Waals surface area contributed by atoms with Crippen molar-refractivity contribution in [3.8, 4) is 17.6 Å². The zero-order valence-electron chi connectivity index (χ0n) is 19.7. The van der Waals surface area contributed by atoms with Crippen LogP contribution in [0.25, 0.3) is 0 Å².